The van der Waals surface area contributed by atoms with Crippen LogP contribution in [0.4, 0.5) is 5.69 Å². The third kappa shape index (κ3) is 5.64. The number of nitrogens with one attached hydrogen (secondary N) is 2. The highest BCUT2D eigenvalue weighted by atomic mass is 32.2. The van der Waals surface area contributed by atoms with Gasteiger partial charge in [0.1, 0.15) is 0 Å². The van der Waals surface area contributed by atoms with Crippen molar-refractivity contribution in [2.45, 2.75) is 32.1 Å². The molecule has 0 aliphatic carbocycles. The van der Waals surface area contributed by atoms with E-state index in [4.69, 9.17) is 4.74 Å². The molecule has 0 bridgehead atoms. The molecule has 0 atom stereocenters. The van der Waals surface area contributed by atoms with E-state index >= 15 is 0 Å². The van der Waals surface area contributed by atoms with Gasteiger partial charge >= 0.3 is 5.97 Å². The van der Waals surface area contributed by atoms with Crippen LogP contribution in [0.25, 0.3) is 0 Å². The summed E-state index contributed by atoms with van der Waals surface area (Å²) < 4.78 is 31.8. The van der Waals surface area contributed by atoms with Gasteiger partial charge in [0.2, 0.25) is 10.0 Å². The first kappa shape index (κ1) is 21.6. The van der Waals surface area contributed by atoms with Crippen molar-refractivity contribution in [1.82, 2.24) is 4.72 Å². The second-order valence-electron chi connectivity index (χ2n) is 6.30. The second kappa shape index (κ2) is 9.48. The molecule has 7 nitrogen and oxygen atoms in total. The van der Waals surface area contributed by atoms with E-state index in [1.807, 2.05) is 32.9 Å². The summed E-state index contributed by atoms with van der Waals surface area (Å²) in [5.41, 5.74) is 2.67. The van der Waals surface area contributed by atoms with Gasteiger partial charge in [-0.15, -0.1) is 0 Å². The molecule has 0 saturated heterocycles. The van der Waals surface area contributed by atoms with E-state index in [9.17, 15) is 18.0 Å². The van der Waals surface area contributed by atoms with Gasteiger partial charge in [-0.3, -0.25) is 4.79 Å². The van der Waals surface area contributed by atoms with E-state index in [0.29, 0.717) is 18.7 Å². The van der Waals surface area contributed by atoms with E-state index in [0.717, 1.165) is 11.1 Å². The van der Waals surface area contributed by atoms with Crippen molar-refractivity contribution in [1.29, 1.82) is 0 Å². The van der Waals surface area contributed by atoms with Crippen molar-refractivity contribution in [2.24, 2.45) is 0 Å². The third-order valence-corrected chi connectivity index (χ3v) is 5.59. The molecule has 0 aliphatic heterocycles. The van der Waals surface area contributed by atoms with Crippen LogP contribution >= 0.6 is 0 Å². The van der Waals surface area contributed by atoms with Crippen LogP contribution in [0, 0.1) is 13.8 Å². The highest BCUT2D eigenvalue weighted by Crippen LogP contribution is 2.18. The Hall–Kier alpha value is -2.71. The molecule has 0 aliphatic rings. The number of benzene rings is 2. The highest BCUT2D eigenvalue weighted by molar-refractivity contribution is 7.89. The summed E-state index contributed by atoms with van der Waals surface area (Å²) in [7, 11) is -3.70. The molecule has 0 saturated carbocycles. The predicted octanol–water partition coefficient (Wildman–Crippen LogP) is 2.79. The average molecular weight is 404 g/mol. The zero-order valence-corrected chi connectivity index (χ0v) is 16.9. The van der Waals surface area contributed by atoms with Crippen molar-refractivity contribution < 1.29 is 22.7 Å². The van der Waals surface area contributed by atoms with Gasteiger partial charge in [-0.25, -0.2) is 17.9 Å². The Balaban J connectivity index is 2.00. The van der Waals surface area contributed by atoms with E-state index in [1.165, 1.54) is 24.3 Å². The quantitative estimate of drug-likeness (QED) is 0.659. The van der Waals surface area contributed by atoms with E-state index < -0.39 is 28.5 Å². The summed E-state index contributed by atoms with van der Waals surface area (Å²) in [6.07, 6.45) is 0.649. The first-order valence-corrected chi connectivity index (χ1v) is 10.4. The third-order valence-electron chi connectivity index (χ3n) is 4.14. The molecule has 0 aromatic heterocycles. The van der Waals surface area contributed by atoms with Crippen molar-refractivity contribution in [3.05, 3.63) is 59.2 Å². The van der Waals surface area contributed by atoms with Gasteiger partial charge in [-0.05, 0) is 55.7 Å². The normalized spacial score (nSPS) is 11.1. The molecule has 1 amide bonds. The number of esters is 1. The Morgan fingerprint density at radius 1 is 1.07 bits per heavy atom. The lowest BCUT2D eigenvalue weighted by Crippen LogP contribution is -2.25. The van der Waals surface area contributed by atoms with Gasteiger partial charge in [-0.2, -0.15) is 0 Å². The Bertz CT molecular complexity index is 970. The van der Waals surface area contributed by atoms with Crippen LogP contribution in [0.3, 0.4) is 0 Å². The maximum Gasteiger partial charge on any atom is 0.338 e. The minimum absolute atomic E-state index is 0.0322. The van der Waals surface area contributed by atoms with Gasteiger partial charge < -0.3 is 10.1 Å². The molecular formula is C20H24N2O5S. The topological polar surface area (TPSA) is 102 Å². The smallest absolute Gasteiger partial charge is 0.338 e. The number of ether oxygens (including phenoxy) is 1. The number of hydrogen-bond acceptors (Lipinski definition) is 5. The predicted molar refractivity (Wildman–Crippen MR) is 107 cm³/mol. The molecule has 8 heteroatoms. The maximum atomic E-state index is 12.2. The summed E-state index contributed by atoms with van der Waals surface area (Å²) in [5, 5.41) is 2.69. The number of rotatable bonds is 8. The van der Waals surface area contributed by atoms with Crippen LogP contribution in [0.1, 0.15) is 34.8 Å². The molecule has 2 rings (SSSR count). The zero-order chi connectivity index (χ0) is 20.7. The molecule has 0 fully saturated rings. The molecule has 150 valence electrons. The molecule has 0 heterocycles. The molecule has 28 heavy (non-hydrogen) atoms. The summed E-state index contributed by atoms with van der Waals surface area (Å²) in [6.45, 7) is 5.49. The zero-order valence-electron chi connectivity index (χ0n) is 16.1. The van der Waals surface area contributed by atoms with E-state index in [1.54, 1.807) is 6.07 Å². The number of hydrogen-bond donors (Lipinski definition) is 2. The maximum absolute atomic E-state index is 12.2. The molecule has 2 N–H and O–H groups in total. The Labute approximate surface area is 165 Å². The van der Waals surface area contributed by atoms with Crippen LogP contribution in [-0.2, 0) is 19.6 Å². The molecule has 2 aromatic carbocycles. The molecule has 0 unspecified atom stereocenters. The summed E-state index contributed by atoms with van der Waals surface area (Å²) in [5.74, 6) is -1.25. The fraction of sp³-hybridized carbons (Fsp3) is 0.300. The summed E-state index contributed by atoms with van der Waals surface area (Å²) in [6, 6.07) is 11.0. The van der Waals surface area contributed by atoms with Crippen LogP contribution in [0.15, 0.2) is 47.4 Å². The molecule has 0 radical (unpaired) electrons. The highest BCUT2D eigenvalue weighted by Gasteiger charge is 2.17. The Morgan fingerprint density at radius 3 is 2.50 bits per heavy atom. The van der Waals surface area contributed by atoms with Crippen molar-refractivity contribution in [3.63, 3.8) is 0 Å². The lowest BCUT2D eigenvalue weighted by atomic mass is 10.1. The standard InChI is InChI=1S/C20H24N2O5S/c1-4-11-21-28(25,26)17-9-6-8-16(12-17)20(24)27-13-19(23)22-18-10-5-7-14(2)15(18)3/h5-10,12,21H,4,11,13H2,1-3H3,(H,22,23). The largest absolute Gasteiger partial charge is 0.452 e. The minimum atomic E-state index is -3.70. The average Bonchev–Trinajstić information content (AvgIpc) is 2.68. The van der Waals surface area contributed by atoms with Crippen LogP contribution in [0.2, 0.25) is 0 Å². The number of amides is 1. The molecule has 0 spiro atoms. The van der Waals surface area contributed by atoms with Gasteiger partial charge in [0.15, 0.2) is 6.61 Å². The van der Waals surface area contributed by atoms with Crippen LogP contribution in [-0.4, -0.2) is 33.4 Å². The first-order valence-electron chi connectivity index (χ1n) is 8.87. The van der Waals surface area contributed by atoms with Gasteiger partial charge in [0.05, 0.1) is 10.5 Å². The van der Waals surface area contributed by atoms with E-state index in [-0.39, 0.29) is 10.5 Å². The number of aryl methyl sites for hydroxylation is 1. The van der Waals surface area contributed by atoms with Crippen LogP contribution in [0.5, 0.6) is 0 Å². The first-order chi connectivity index (χ1) is 13.2. The van der Waals surface area contributed by atoms with Crippen molar-refractivity contribution in [2.75, 3.05) is 18.5 Å². The van der Waals surface area contributed by atoms with Crippen LogP contribution < -0.4 is 10.0 Å². The second-order valence-corrected chi connectivity index (χ2v) is 8.06. The van der Waals surface area contributed by atoms with Crippen molar-refractivity contribution in [3.8, 4) is 0 Å². The number of sulfonamides is 1. The number of carbonyl (C=O) groups is 2. The number of carbonyl (C=O) groups excluding carboxylic acids is 2. The van der Waals surface area contributed by atoms with Gasteiger partial charge in [0.25, 0.3) is 5.91 Å². The minimum Gasteiger partial charge on any atom is -0.452 e. The number of anilines is 1. The van der Waals surface area contributed by atoms with Gasteiger partial charge in [0, 0.05) is 12.2 Å². The lowest BCUT2D eigenvalue weighted by Gasteiger charge is -2.11. The monoisotopic (exact) mass is 404 g/mol. The molecular weight excluding hydrogens is 380 g/mol. The lowest BCUT2D eigenvalue weighted by molar-refractivity contribution is -0.119. The van der Waals surface area contributed by atoms with E-state index in [2.05, 4.69) is 10.0 Å². The van der Waals surface area contributed by atoms with Gasteiger partial charge in [-0.1, -0.05) is 25.1 Å². The van der Waals surface area contributed by atoms with Crippen molar-refractivity contribution >= 4 is 27.6 Å². The fourth-order valence-corrected chi connectivity index (χ4v) is 3.58. The SMILES string of the molecule is CCCNS(=O)(=O)c1cccc(C(=O)OCC(=O)Nc2cccc(C)c2C)c1. The summed E-state index contributed by atoms with van der Waals surface area (Å²) >= 11 is 0. The molecule has 2 aromatic rings. The Kier molecular flexibility index (Phi) is 7.31. The Morgan fingerprint density at radius 2 is 1.79 bits per heavy atom. The fourth-order valence-electron chi connectivity index (χ4n) is 2.40. The summed E-state index contributed by atoms with van der Waals surface area (Å²) in [4.78, 5) is 24.2.